The zero-order valence-corrected chi connectivity index (χ0v) is 15.1. The van der Waals surface area contributed by atoms with Crippen LogP contribution in [0.5, 0.6) is 11.5 Å². The van der Waals surface area contributed by atoms with Crippen LogP contribution in [0.4, 0.5) is 14.5 Å². The Balaban J connectivity index is 1.60. The molecule has 1 heterocycles. The Morgan fingerprint density at radius 3 is 2.64 bits per heavy atom. The number of alkyl halides is 2. The number of aromatic nitrogens is 2. The van der Waals surface area contributed by atoms with Gasteiger partial charge in [-0.15, -0.1) is 0 Å². The van der Waals surface area contributed by atoms with Gasteiger partial charge in [-0.25, -0.2) is 4.68 Å². The van der Waals surface area contributed by atoms with Crippen molar-refractivity contribution in [3.05, 3.63) is 72.1 Å². The molecule has 1 amide bonds. The van der Waals surface area contributed by atoms with Crippen LogP contribution < -0.4 is 14.8 Å². The molecule has 146 valence electrons. The molecular formula is C20H19F2N3O3. The molecule has 1 aromatic heterocycles. The predicted molar refractivity (Wildman–Crippen MR) is 99.7 cm³/mol. The highest BCUT2D eigenvalue weighted by Crippen LogP contribution is 2.21. The van der Waals surface area contributed by atoms with E-state index < -0.39 is 12.5 Å². The number of hydrogen-bond donors (Lipinski definition) is 1. The molecule has 0 fully saturated rings. The molecule has 0 aliphatic heterocycles. The van der Waals surface area contributed by atoms with E-state index in [2.05, 4.69) is 22.1 Å². The van der Waals surface area contributed by atoms with Crippen molar-refractivity contribution in [1.29, 1.82) is 0 Å². The Morgan fingerprint density at radius 2 is 1.93 bits per heavy atom. The normalized spacial score (nSPS) is 10.7. The number of aryl methyl sites for hydroxylation is 1. The van der Waals surface area contributed by atoms with Crippen molar-refractivity contribution in [3.8, 4) is 11.5 Å². The van der Waals surface area contributed by atoms with Gasteiger partial charge >= 0.3 is 6.61 Å². The minimum Gasteiger partial charge on any atom is -0.471 e. The van der Waals surface area contributed by atoms with E-state index in [1.165, 1.54) is 34.6 Å². The van der Waals surface area contributed by atoms with E-state index in [1.54, 1.807) is 12.3 Å². The van der Waals surface area contributed by atoms with E-state index in [-0.39, 0.29) is 18.0 Å². The van der Waals surface area contributed by atoms with Gasteiger partial charge in [-0.2, -0.15) is 13.9 Å². The first-order chi connectivity index (χ1) is 13.5. The van der Waals surface area contributed by atoms with Crippen LogP contribution in [0.25, 0.3) is 0 Å². The number of hydrogen-bond acceptors (Lipinski definition) is 4. The third-order valence-electron chi connectivity index (χ3n) is 3.93. The summed E-state index contributed by atoms with van der Waals surface area (Å²) in [7, 11) is 0. The molecule has 0 unspecified atom stereocenters. The summed E-state index contributed by atoms with van der Waals surface area (Å²) in [5.41, 5.74) is 1.62. The van der Waals surface area contributed by atoms with Crippen LogP contribution in [0.1, 0.15) is 22.8 Å². The third kappa shape index (κ3) is 5.06. The second-order valence-corrected chi connectivity index (χ2v) is 5.87. The number of rotatable bonds is 8. The first-order valence-electron chi connectivity index (χ1n) is 8.64. The Morgan fingerprint density at radius 1 is 1.18 bits per heavy atom. The van der Waals surface area contributed by atoms with E-state index in [9.17, 15) is 13.6 Å². The summed E-state index contributed by atoms with van der Waals surface area (Å²) in [5.74, 6) is -0.0653. The van der Waals surface area contributed by atoms with Crippen molar-refractivity contribution in [2.45, 2.75) is 26.7 Å². The van der Waals surface area contributed by atoms with Crippen molar-refractivity contribution in [2.24, 2.45) is 0 Å². The largest absolute Gasteiger partial charge is 0.471 e. The molecule has 0 saturated carbocycles. The number of carbonyl (C=O) groups excluding carboxylic acids is 1. The standard InChI is InChI=1S/C20H19F2N3O3/c1-2-14-7-9-16(10-8-14)27-13-25-12-15(11-23-25)24-19(26)17-5-3-4-6-18(17)28-20(21)22/h3-12,20H,2,13H2,1H3,(H,24,26). The van der Waals surface area contributed by atoms with Gasteiger partial charge in [0, 0.05) is 0 Å². The molecule has 0 aliphatic carbocycles. The molecule has 3 aromatic rings. The van der Waals surface area contributed by atoms with Crippen molar-refractivity contribution >= 4 is 11.6 Å². The molecule has 28 heavy (non-hydrogen) atoms. The highest BCUT2D eigenvalue weighted by Gasteiger charge is 2.16. The van der Waals surface area contributed by atoms with Crippen molar-refractivity contribution in [2.75, 3.05) is 5.32 Å². The van der Waals surface area contributed by atoms with Crippen LogP contribution in [0.15, 0.2) is 60.9 Å². The Labute approximate surface area is 160 Å². The fraction of sp³-hybridized carbons (Fsp3) is 0.200. The lowest BCUT2D eigenvalue weighted by molar-refractivity contribution is -0.0501. The second kappa shape index (κ2) is 8.98. The maximum Gasteiger partial charge on any atom is 0.387 e. The van der Waals surface area contributed by atoms with Gasteiger partial charge < -0.3 is 14.8 Å². The van der Waals surface area contributed by atoms with E-state index in [1.807, 2.05) is 24.3 Å². The van der Waals surface area contributed by atoms with Gasteiger partial charge in [0.1, 0.15) is 11.5 Å². The lowest BCUT2D eigenvalue weighted by Crippen LogP contribution is -2.14. The number of amides is 1. The van der Waals surface area contributed by atoms with Gasteiger partial charge in [-0.3, -0.25) is 4.79 Å². The number of carbonyl (C=O) groups is 1. The molecule has 0 saturated heterocycles. The van der Waals surface area contributed by atoms with Crippen molar-refractivity contribution in [3.63, 3.8) is 0 Å². The average molecular weight is 387 g/mol. The van der Waals surface area contributed by atoms with Gasteiger partial charge in [-0.1, -0.05) is 31.2 Å². The summed E-state index contributed by atoms with van der Waals surface area (Å²) in [4.78, 5) is 12.4. The Hall–Kier alpha value is -3.42. The highest BCUT2D eigenvalue weighted by atomic mass is 19.3. The number of ether oxygens (including phenoxy) is 2. The quantitative estimate of drug-likeness (QED) is 0.625. The fourth-order valence-corrected chi connectivity index (χ4v) is 2.51. The van der Waals surface area contributed by atoms with Gasteiger partial charge in [0.2, 0.25) is 0 Å². The van der Waals surface area contributed by atoms with E-state index >= 15 is 0 Å². The summed E-state index contributed by atoms with van der Waals surface area (Å²) in [6.07, 6.45) is 3.97. The monoisotopic (exact) mass is 387 g/mol. The number of halogens is 2. The second-order valence-electron chi connectivity index (χ2n) is 5.87. The van der Waals surface area contributed by atoms with E-state index in [0.29, 0.717) is 11.4 Å². The topological polar surface area (TPSA) is 65.4 Å². The maximum absolute atomic E-state index is 12.5. The summed E-state index contributed by atoms with van der Waals surface area (Å²) in [6.45, 7) is -0.778. The van der Waals surface area contributed by atoms with Crippen LogP contribution in [-0.4, -0.2) is 22.3 Å². The molecule has 2 aromatic carbocycles. The molecule has 0 spiro atoms. The van der Waals surface area contributed by atoms with Crippen LogP contribution in [0, 0.1) is 0 Å². The summed E-state index contributed by atoms with van der Waals surface area (Å²) >= 11 is 0. The summed E-state index contributed by atoms with van der Waals surface area (Å²) in [6, 6.07) is 13.5. The van der Waals surface area contributed by atoms with E-state index in [0.717, 1.165) is 6.42 Å². The molecule has 0 aliphatic rings. The minimum atomic E-state index is -3.01. The third-order valence-corrected chi connectivity index (χ3v) is 3.93. The van der Waals surface area contributed by atoms with Crippen molar-refractivity contribution in [1.82, 2.24) is 9.78 Å². The summed E-state index contributed by atoms with van der Waals surface area (Å²) < 4.78 is 36.5. The molecule has 0 radical (unpaired) electrons. The lowest BCUT2D eigenvalue weighted by Gasteiger charge is -2.10. The first-order valence-corrected chi connectivity index (χ1v) is 8.64. The molecule has 3 rings (SSSR count). The van der Waals surface area contributed by atoms with Crippen LogP contribution in [-0.2, 0) is 13.2 Å². The van der Waals surface area contributed by atoms with Crippen LogP contribution in [0.2, 0.25) is 0 Å². The molecule has 0 atom stereocenters. The zero-order chi connectivity index (χ0) is 19.9. The highest BCUT2D eigenvalue weighted by molar-refractivity contribution is 6.06. The average Bonchev–Trinajstić information content (AvgIpc) is 3.14. The molecule has 0 bridgehead atoms. The Bertz CT molecular complexity index is 926. The number of benzene rings is 2. The van der Waals surface area contributed by atoms with Crippen molar-refractivity contribution < 1.29 is 23.0 Å². The number of anilines is 1. The number of nitrogens with one attached hydrogen (secondary N) is 1. The van der Waals surface area contributed by atoms with E-state index in [4.69, 9.17) is 4.74 Å². The first kappa shape index (κ1) is 19.3. The van der Waals surface area contributed by atoms with Gasteiger partial charge in [-0.05, 0) is 36.2 Å². The zero-order valence-electron chi connectivity index (χ0n) is 15.1. The SMILES string of the molecule is CCc1ccc(OCn2cc(NC(=O)c3ccccc3OC(F)F)cn2)cc1. The smallest absolute Gasteiger partial charge is 0.387 e. The minimum absolute atomic E-state index is 0.00261. The molecule has 8 heteroatoms. The lowest BCUT2D eigenvalue weighted by atomic mass is 10.2. The maximum atomic E-state index is 12.5. The van der Waals surface area contributed by atoms with Crippen LogP contribution in [0.3, 0.4) is 0 Å². The van der Waals surface area contributed by atoms with Gasteiger partial charge in [0.05, 0.1) is 23.6 Å². The number of nitrogens with zero attached hydrogens (tertiary/aromatic N) is 2. The Kier molecular flexibility index (Phi) is 6.21. The van der Waals surface area contributed by atoms with Gasteiger partial charge in [0.15, 0.2) is 6.73 Å². The fourth-order valence-electron chi connectivity index (χ4n) is 2.51. The van der Waals surface area contributed by atoms with Crippen LogP contribution >= 0.6 is 0 Å². The predicted octanol–water partition coefficient (Wildman–Crippen LogP) is 4.34. The summed E-state index contributed by atoms with van der Waals surface area (Å²) in [5, 5.41) is 6.71. The number of para-hydroxylation sites is 1. The molecule has 6 nitrogen and oxygen atoms in total. The molecular weight excluding hydrogens is 368 g/mol. The molecule has 1 N–H and O–H groups in total. The van der Waals surface area contributed by atoms with Gasteiger partial charge in [0.25, 0.3) is 5.91 Å².